The number of anilines is 3. The van der Waals surface area contributed by atoms with E-state index in [0.717, 1.165) is 28.2 Å². The van der Waals surface area contributed by atoms with Gasteiger partial charge in [-0.2, -0.15) is 0 Å². The average molecular weight is 470 g/mol. The first kappa shape index (κ1) is 23.7. The van der Waals surface area contributed by atoms with Gasteiger partial charge in [0.1, 0.15) is 0 Å². The van der Waals surface area contributed by atoms with Crippen LogP contribution in [-0.2, 0) is 10.7 Å². The minimum absolute atomic E-state index is 0.239. The van der Waals surface area contributed by atoms with Crippen molar-refractivity contribution in [2.75, 3.05) is 4.90 Å². The summed E-state index contributed by atoms with van der Waals surface area (Å²) in [6, 6.07) is 32.5. The number of benzene rings is 4. The zero-order valence-corrected chi connectivity index (χ0v) is 20.2. The molecule has 4 nitrogen and oxygen atoms in total. The Kier molecular flexibility index (Phi) is 7.14. The van der Waals surface area contributed by atoms with Crippen LogP contribution in [0.1, 0.15) is 27.8 Å². The summed E-state index contributed by atoms with van der Waals surface area (Å²) >= 11 is 0. The van der Waals surface area contributed by atoms with E-state index in [9.17, 15) is 4.57 Å². The molecule has 172 valence electrons. The number of para-hydroxylation sites is 1. The molecule has 4 aromatic carbocycles. The van der Waals surface area contributed by atoms with E-state index in [1.54, 1.807) is 12.1 Å². The van der Waals surface area contributed by atoms with Gasteiger partial charge in [0.25, 0.3) is 0 Å². The van der Waals surface area contributed by atoms with Gasteiger partial charge in [0.15, 0.2) is 0 Å². The molecule has 0 unspecified atom stereocenters. The molecule has 0 bridgehead atoms. The molecule has 4 aromatic rings. The van der Waals surface area contributed by atoms with Crippen molar-refractivity contribution in [3.05, 3.63) is 125 Å². The Bertz CT molecular complexity index is 1320. The fourth-order valence-electron chi connectivity index (χ4n) is 3.96. The molecule has 0 aliphatic heterocycles. The summed E-state index contributed by atoms with van der Waals surface area (Å²) in [6.07, 6.45) is 3.79. The summed E-state index contributed by atoms with van der Waals surface area (Å²) in [5.41, 5.74) is 8.46. The maximum atomic E-state index is 11.2. The number of hydrogen-bond donors (Lipinski definition) is 2. The van der Waals surface area contributed by atoms with Gasteiger partial charge in [0.2, 0.25) is 0 Å². The Labute approximate surface area is 201 Å². The predicted molar refractivity (Wildman–Crippen MR) is 142 cm³/mol. The maximum absolute atomic E-state index is 11.2. The van der Waals surface area contributed by atoms with Crippen molar-refractivity contribution < 1.29 is 14.4 Å². The van der Waals surface area contributed by atoms with Crippen molar-refractivity contribution >= 4 is 36.8 Å². The Morgan fingerprint density at radius 1 is 0.735 bits per heavy atom. The van der Waals surface area contributed by atoms with E-state index in [2.05, 4.69) is 73.3 Å². The van der Waals surface area contributed by atoms with Crippen molar-refractivity contribution in [3.63, 3.8) is 0 Å². The number of rotatable bonds is 7. The van der Waals surface area contributed by atoms with Crippen molar-refractivity contribution in [3.8, 4) is 0 Å². The molecule has 5 heteroatoms. The molecule has 0 spiro atoms. The second kappa shape index (κ2) is 10.2. The van der Waals surface area contributed by atoms with Crippen LogP contribution in [0.15, 0.2) is 97.1 Å². The zero-order chi connectivity index (χ0) is 24.1. The first-order valence-corrected chi connectivity index (χ1v) is 12.9. The summed E-state index contributed by atoms with van der Waals surface area (Å²) in [6.45, 7) is 4.25. The highest BCUT2D eigenvalue weighted by molar-refractivity contribution is 7.50. The van der Waals surface area contributed by atoms with E-state index in [-0.39, 0.29) is 6.16 Å². The second-order valence-corrected chi connectivity index (χ2v) is 10.1. The molecule has 0 saturated heterocycles. The van der Waals surface area contributed by atoms with Gasteiger partial charge in [0, 0.05) is 17.1 Å². The zero-order valence-electron chi connectivity index (χ0n) is 19.3. The van der Waals surface area contributed by atoms with Crippen LogP contribution in [0.4, 0.5) is 17.1 Å². The highest BCUT2D eigenvalue weighted by Crippen LogP contribution is 2.39. The maximum Gasteiger partial charge on any atom is 0.329 e. The van der Waals surface area contributed by atoms with E-state index in [0.29, 0.717) is 5.56 Å². The lowest BCUT2D eigenvalue weighted by Gasteiger charge is -2.27. The summed E-state index contributed by atoms with van der Waals surface area (Å²) in [5, 5.41) is 0. The van der Waals surface area contributed by atoms with E-state index in [4.69, 9.17) is 9.79 Å². The molecule has 0 fully saturated rings. The van der Waals surface area contributed by atoms with Crippen molar-refractivity contribution in [2.24, 2.45) is 0 Å². The largest absolute Gasteiger partial charge is 0.329 e. The van der Waals surface area contributed by atoms with Crippen LogP contribution in [0, 0.1) is 13.8 Å². The summed E-state index contributed by atoms with van der Waals surface area (Å²) in [5.74, 6) is 0. The second-order valence-electron chi connectivity index (χ2n) is 8.45. The minimum atomic E-state index is -4.05. The lowest BCUT2D eigenvalue weighted by atomic mass is 10.1. The molecule has 0 heterocycles. The Balaban J connectivity index is 1.57. The van der Waals surface area contributed by atoms with Crippen LogP contribution in [0.2, 0.25) is 0 Å². The molecular formula is C29H28NO3P. The van der Waals surface area contributed by atoms with Crippen LogP contribution >= 0.6 is 7.60 Å². The molecule has 2 N–H and O–H groups in total. The van der Waals surface area contributed by atoms with E-state index in [1.165, 1.54) is 11.1 Å². The smallest absolute Gasteiger partial charge is 0.324 e. The van der Waals surface area contributed by atoms with E-state index < -0.39 is 7.60 Å². The van der Waals surface area contributed by atoms with Crippen LogP contribution < -0.4 is 4.90 Å². The summed E-state index contributed by atoms with van der Waals surface area (Å²) in [7, 11) is -4.05. The van der Waals surface area contributed by atoms with Crippen LogP contribution in [-0.4, -0.2) is 9.79 Å². The van der Waals surface area contributed by atoms with E-state index in [1.807, 2.05) is 42.5 Å². The topological polar surface area (TPSA) is 60.8 Å². The van der Waals surface area contributed by atoms with Gasteiger partial charge in [0.05, 0.1) is 6.16 Å². The monoisotopic (exact) mass is 469 g/mol. The molecule has 0 saturated carbocycles. The van der Waals surface area contributed by atoms with Gasteiger partial charge < -0.3 is 14.7 Å². The highest BCUT2D eigenvalue weighted by Gasteiger charge is 2.15. The fraction of sp³-hybridized carbons (Fsp3) is 0.103. The van der Waals surface area contributed by atoms with Crippen LogP contribution in [0.3, 0.4) is 0 Å². The van der Waals surface area contributed by atoms with Gasteiger partial charge in [-0.15, -0.1) is 0 Å². The third-order valence-electron chi connectivity index (χ3n) is 5.60. The van der Waals surface area contributed by atoms with Crippen molar-refractivity contribution in [1.29, 1.82) is 0 Å². The molecule has 0 aliphatic rings. The molecule has 0 amide bonds. The third kappa shape index (κ3) is 6.12. The van der Waals surface area contributed by atoms with Crippen LogP contribution in [0.25, 0.3) is 12.2 Å². The standard InChI is InChI=1S/C29H28NO3P/c1-22-8-19-29(23(2)20-22)30(27-6-4-3-5-7-27)28-17-15-25(16-18-28)10-9-24-11-13-26(14-12-24)21-34(31,32)33/h3-20H,21H2,1-2H3,(H2,31,32,33). The van der Waals surface area contributed by atoms with Crippen LogP contribution in [0.5, 0.6) is 0 Å². The Hall–Kier alpha value is -3.43. The third-order valence-corrected chi connectivity index (χ3v) is 6.37. The highest BCUT2D eigenvalue weighted by atomic mass is 31.2. The molecule has 0 aromatic heterocycles. The van der Waals surface area contributed by atoms with Gasteiger partial charge in [-0.25, -0.2) is 0 Å². The quantitative estimate of drug-likeness (QED) is 0.216. The number of hydrogen-bond acceptors (Lipinski definition) is 2. The fourth-order valence-corrected chi connectivity index (χ4v) is 4.65. The summed E-state index contributed by atoms with van der Waals surface area (Å²) < 4.78 is 11.2. The lowest BCUT2D eigenvalue weighted by molar-refractivity contribution is 0.371. The predicted octanol–water partition coefficient (Wildman–Crippen LogP) is 7.62. The Morgan fingerprint density at radius 3 is 1.85 bits per heavy atom. The van der Waals surface area contributed by atoms with Gasteiger partial charge in [-0.05, 0) is 66.4 Å². The Morgan fingerprint density at radius 2 is 1.29 bits per heavy atom. The van der Waals surface area contributed by atoms with Gasteiger partial charge in [-0.3, -0.25) is 4.57 Å². The average Bonchev–Trinajstić information content (AvgIpc) is 2.81. The number of aryl methyl sites for hydroxylation is 2. The molecule has 4 rings (SSSR count). The molecular weight excluding hydrogens is 441 g/mol. The lowest BCUT2D eigenvalue weighted by Crippen LogP contribution is -2.11. The van der Waals surface area contributed by atoms with Gasteiger partial charge >= 0.3 is 7.60 Å². The molecule has 0 aliphatic carbocycles. The number of nitrogens with zero attached hydrogens (tertiary/aromatic N) is 1. The SMILES string of the molecule is Cc1ccc(N(c2ccccc2)c2ccc(C=Cc3ccc(CP(=O)(O)O)cc3)cc2)c(C)c1. The molecule has 0 atom stereocenters. The normalized spacial score (nSPS) is 11.6. The first-order chi connectivity index (χ1) is 16.3. The minimum Gasteiger partial charge on any atom is -0.324 e. The van der Waals surface area contributed by atoms with Crippen molar-refractivity contribution in [1.82, 2.24) is 0 Å². The molecule has 34 heavy (non-hydrogen) atoms. The first-order valence-electron chi connectivity index (χ1n) is 11.1. The van der Waals surface area contributed by atoms with Crippen molar-refractivity contribution in [2.45, 2.75) is 20.0 Å². The van der Waals surface area contributed by atoms with E-state index >= 15 is 0 Å². The molecule has 0 radical (unpaired) electrons. The van der Waals surface area contributed by atoms with Gasteiger partial charge in [-0.1, -0.05) is 84.4 Å². The summed E-state index contributed by atoms with van der Waals surface area (Å²) in [4.78, 5) is 20.5.